The number of ether oxygens (including phenoxy) is 2. The fraction of sp³-hybridized carbons (Fsp3) is 0.294. The zero-order chi connectivity index (χ0) is 27.9. The van der Waals surface area contributed by atoms with Crippen molar-refractivity contribution in [2.75, 3.05) is 37.1 Å². The first-order valence-electron chi connectivity index (χ1n) is 13.8. The molecule has 1 aromatic heterocycles. The first-order chi connectivity index (χ1) is 19.6. The van der Waals surface area contributed by atoms with E-state index in [1.54, 1.807) is 14.2 Å². The minimum atomic E-state index is 0.241. The van der Waals surface area contributed by atoms with E-state index in [0.717, 1.165) is 66.4 Å². The number of pyridine rings is 1. The van der Waals surface area contributed by atoms with Crippen molar-refractivity contribution in [2.45, 2.75) is 38.8 Å². The third-order valence-corrected chi connectivity index (χ3v) is 7.71. The second-order valence-corrected chi connectivity index (χ2v) is 10.4. The molecule has 0 saturated carbocycles. The number of piperidine rings is 1. The topological polar surface area (TPSA) is 54.9 Å². The third kappa shape index (κ3) is 6.45. The quantitative estimate of drug-likeness (QED) is 0.208. The van der Waals surface area contributed by atoms with E-state index in [9.17, 15) is 4.79 Å². The predicted octanol–water partition coefficient (Wildman–Crippen LogP) is 6.81. The van der Waals surface area contributed by atoms with Crippen LogP contribution in [-0.4, -0.2) is 38.6 Å². The summed E-state index contributed by atoms with van der Waals surface area (Å²) in [6, 6.07) is 28.9. The van der Waals surface area contributed by atoms with Gasteiger partial charge in [-0.25, -0.2) is 4.98 Å². The molecule has 40 heavy (non-hydrogen) atoms. The summed E-state index contributed by atoms with van der Waals surface area (Å²) in [4.78, 5) is 22.0. The zero-order valence-corrected chi connectivity index (χ0v) is 23.5. The smallest absolute Gasteiger partial charge is 0.151 e. The highest BCUT2D eigenvalue weighted by Crippen LogP contribution is 2.33. The molecule has 6 nitrogen and oxygen atoms in total. The van der Waals surface area contributed by atoms with Gasteiger partial charge in [-0.1, -0.05) is 36.4 Å². The van der Waals surface area contributed by atoms with Gasteiger partial charge in [-0.15, -0.1) is 0 Å². The Bertz CT molecular complexity index is 1360. The molecule has 1 aliphatic heterocycles. The maximum absolute atomic E-state index is 12.1. The Labute approximate surface area is 237 Å². The molecular formula is C34H37N3O3. The Hall–Kier alpha value is -4.32. The fourth-order valence-corrected chi connectivity index (χ4v) is 5.43. The summed E-state index contributed by atoms with van der Waals surface area (Å²) in [5, 5.41) is 0. The number of carbonyl (C=O) groups excluding carboxylic acids is 1. The van der Waals surface area contributed by atoms with E-state index >= 15 is 0 Å². The van der Waals surface area contributed by atoms with Crippen LogP contribution >= 0.6 is 0 Å². The van der Waals surface area contributed by atoms with Gasteiger partial charge in [0.1, 0.15) is 17.3 Å². The van der Waals surface area contributed by atoms with E-state index in [0.29, 0.717) is 18.7 Å². The average Bonchev–Trinajstić information content (AvgIpc) is 3.01. The van der Waals surface area contributed by atoms with Gasteiger partial charge in [-0.05, 0) is 85.0 Å². The molecular weight excluding hydrogens is 498 g/mol. The third-order valence-electron chi connectivity index (χ3n) is 7.71. The Morgan fingerprint density at radius 1 is 0.850 bits per heavy atom. The molecule has 3 aromatic carbocycles. The van der Waals surface area contributed by atoms with Gasteiger partial charge in [-0.3, -0.25) is 4.79 Å². The molecule has 0 N–H and O–H groups in total. The molecule has 0 spiro atoms. The molecule has 6 heteroatoms. The highest BCUT2D eigenvalue weighted by atomic mass is 16.5. The molecule has 0 amide bonds. The first kappa shape index (κ1) is 27.3. The standard InChI is InChI=1S/C34H37N3O3/c1-25-5-4-6-30(21-25)36-19-17-28(18-20-36)34-29(24-38)11-16-33(35-34)37(22-26-7-12-31(39-2)13-8-26)23-27-9-14-32(40-3)15-10-27/h4-16,21,24,28H,17-20,22-23H2,1-3H3. The molecule has 1 fully saturated rings. The summed E-state index contributed by atoms with van der Waals surface area (Å²) < 4.78 is 10.7. The highest BCUT2D eigenvalue weighted by Gasteiger charge is 2.25. The lowest BCUT2D eigenvalue weighted by atomic mass is 9.90. The molecule has 0 bridgehead atoms. The average molecular weight is 536 g/mol. The van der Waals surface area contributed by atoms with Crippen LogP contribution in [0.25, 0.3) is 0 Å². The maximum atomic E-state index is 12.1. The second kappa shape index (κ2) is 12.7. The number of anilines is 2. The predicted molar refractivity (Wildman–Crippen MR) is 161 cm³/mol. The van der Waals surface area contributed by atoms with Crippen LogP contribution in [0.1, 0.15) is 51.5 Å². The SMILES string of the molecule is COc1ccc(CN(Cc2ccc(OC)cc2)c2ccc(C=O)c(C3CCN(c4cccc(C)c4)CC3)n2)cc1. The molecule has 5 rings (SSSR count). The number of aldehydes is 1. The Morgan fingerprint density at radius 2 is 1.45 bits per heavy atom. The van der Waals surface area contributed by atoms with Gasteiger partial charge < -0.3 is 19.3 Å². The molecule has 0 atom stereocenters. The number of aryl methyl sites for hydroxylation is 1. The van der Waals surface area contributed by atoms with Crippen LogP contribution in [-0.2, 0) is 13.1 Å². The van der Waals surface area contributed by atoms with E-state index in [4.69, 9.17) is 14.5 Å². The lowest BCUT2D eigenvalue weighted by Crippen LogP contribution is -2.33. The van der Waals surface area contributed by atoms with Crippen LogP contribution in [0, 0.1) is 6.92 Å². The first-order valence-corrected chi connectivity index (χ1v) is 13.8. The van der Waals surface area contributed by atoms with Gasteiger partial charge in [0.25, 0.3) is 0 Å². The van der Waals surface area contributed by atoms with E-state index in [2.05, 4.69) is 65.3 Å². The van der Waals surface area contributed by atoms with Gasteiger partial charge >= 0.3 is 0 Å². The number of hydrogen-bond donors (Lipinski definition) is 0. The lowest BCUT2D eigenvalue weighted by Gasteiger charge is -2.34. The minimum absolute atomic E-state index is 0.241. The van der Waals surface area contributed by atoms with Crippen LogP contribution < -0.4 is 19.3 Å². The van der Waals surface area contributed by atoms with Crippen LogP contribution in [0.2, 0.25) is 0 Å². The number of carbonyl (C=O) groups is 1. The molecule has 0 aliphatic carbocycles. The summed E-state index contributed by atoms with van der Waals surface area (Å²) >= 11 is 0. The number of aromatic nitrogens is 1. The molecule has 1 saturated heterocycles. The molecule has 1 aliphatic rings. The number of hydrogen-bond acceptors (Lipinski definition) is 6. The van der Waals surface area contributed by atoms with Crippen molar-refractivity contribution >= 4 is 17.8 Å². The van der Waals surface area contributed by atoms with E-state index in [1.807, 2.05) is 36.4 Å². The molecule has 4 aromatic rings. The highest BCUT2D eigenvalue weighted by molar-refractivity contribution is 5.77. The monoisotopic (exact) mass is 535 g/mol. The van der Waals surface area contributed by atoms with Crippen LogP contribution in [0.5, 0.6) is 11.5 Å². The van der Waals surface area contributed by atoms with Crippen molar-refractivity contribution in [1.82, 2.24) is 4.98 Å². The minimum Gasteiger partial charge on any atom is -0.497 e. The lowest BCUT2D eigenvalue weighted by molar-refractivity contribution is 0.112. The summed E-state index contributed by atoms with van der Waals surface area (Å²) in [5.74, 6) is 2.77. The summed E-state index contributed by atoms with van der Waals surface area (Å²) in [7, 11) is 3.35. The largest absolute Gasteiger partial charge is 0.497 e. The van der Waals surface area contributed by atoms with E-state index < -0.39 is 0 Å². The Kier molecular flexibility index (Phi) is 8.65. The van der Waals surface area contributed by atoms with Crippen molar-refractivity contribution in [3.05, 3.63) is 113 Å². The Morgan fingerprint density at radius 3 is 1.98 bits per heavy atom. The van der Waals surface area contributed by atoms with Gasteiger partial charge in [0.05, 0.1) is 19.9 Å². The van der Waals surface area contributed by atoms with Crippen molar-refractivity contribution < 1.29 is 14.3 Å². The van der Waals surface area contributed by atoms with E-state index in [-0.39, 0.29) is 5.92 Å². The zero-order valence-electron chi connectivity index (χ0n) is 23.5. The number of nitrogens with zero attached hydrogens (tertiary/aromatic N) is 3. The normalized spacial score (nSPS) is 13.6. The van der Waals surface area contributed by atoms with E-state index in [1.165, 1.54) is 11.3 Å². The molecule has 2 heterocycles. The summed E-state index contributed by atoms with van der Waals surface area (Å²) in [6.07, 6.45) is 2.88. The molecule has 206 valence electrons. The van der Waals surface area contributed by atoms with Gasteiger partial charge in [0, 0.05) is 43.3 Å². The van der Waals surface area contributed by atoms with Gasteiger partial charge in [0.2, 0.25) is 0 Å². The van der Waals surface area contributed by atoms with Crippen molar-refractivity contribution in [1.29, 1.82) is 0 Å². The fourth-order valence-electron chi connectivity index (χ4n) is 5.43. The van der Waals surface area contributed by atoms with Crippen molar-refractivity contribution in [3.63, 3.8) is 0 Å². The molecule has 0 radical (unpaired) electrons. The maximum Gasteiger partial charge on any atom is 0.151 e. The summed E-state index contributed by atoms with van der Waals surface area (Å²) in [5.41, 5.74) is 6.44. The molecule has 0 unspecified atom stereocenters. The number of rotatable bonds is 10. The Balaban J connectivity index is 1.40. The summed E-state index contributed by atoms with van der Waals surface area (Å²) in [6.45, 7) is 5.37. The van der Waals surface area contributed by atoms with Crippen LogP contribution in [0.4, 0.5) is 11.5 Å². The van der Waals surface area contributed by atoms with Crippen molar-refractivity contribution in [2.24, 2.45) is 0 Å². The number of benzene rings is 3. The van der Waals surface area contributed by atoms with Gasteiger partial charge in [-0.2, -0.15) is 0 Å². The van der Waals surface area contributed by atoms with Crippen LogP contribution in [0.15, 0.2) is 84.9 Å². The number of methoxy groups -OCH3 is 2. The van der Waals surface area contributed by atoms with Gasteiger partial charge in [0.15, 0.2) is 6.29 Å². The van der Waals surface area contributed by atoms with Crippen LogP contribution in [0.3, 0.4) is 0 Å². The second-order valence-electron chi connectivity index (χ2n) is 10.4. The van der Waals surface area contributed by atoms with Crippen molar-refractivity contribution in [3.8, 4) is 11.5 Å².